The van der Waals surface area contributed by atoms with Crippen LogP contribution in [-0.4, -0.2) is 78.5 Å². The summed E-state index contributed by atoms with van der Waals surface area (Å²) in [6.45, 7) is 2.95. The van der Waals surface area contributed by atoms with Crippen LogP contribution in [0.3, 0.4) is 0 Å². The molecule has 16 nitrogen and oxygen atoms in total. The van der Waals surface area contributed by atoms with Crippen molar-refractivity contribution in [2.75, 3.05) is 28.8 Å². The fourth-order valence-electron chi connectivity index (χ4n) is 3.61. The summed E-state index contributed by atoms with van der Waals surface area (Å²) in [5.41, 5.74) is 11.9. The fraction of sp³-hybridized carbons (Fsp3) is 0.333. The summed E-state index contributed by atoms with van der Waals surface area (Å²) >= 11 is 3.39. The van der Waals surface area contributed by atoms with E-state index in [1.807, 2.05) is 0 Å². The molecule has 0 spiro atoms. The number of nitrogens with two attached hydrogens (primary N) is 3. The number of rotatable bonds is 10. The Bertz CT molecular complexity index is 1460. The molecular weight excluding hydrogens is 586 g/mol. The maximum absolute atomic E-state index is 13.1. The summed E-state index contributed by atoms with van der Waals surface area (Å²) in [5.74, 6) is 2.12. The number of hydrogen-bond donors (Lipinski definition) is 5. The smallest absolute Gasteiger partial charge is 0.384 e. The molecule has 1 fully saturated rings. The van der Waals surface area contributed by atoms with E-state index in [1.54, 1.807) is 13.1 Å². The van der Waals surface area contributed by atoms with Crippen LogP contribution in [0, 0.1) is 6.92 Å². The molecule has 2 aromatic rings. The molecule has 8 N–H and O–H groups in total. The minimum atomic E-state index is -1.55. The third kappa shape index (κ3) is 5.75. The van der Waals surface area contributed by atoms with Gasteiger partial charge in [-0.25, -0.2) is 9.78 Å². The summed E-state index contributed by atoms with van der Waals surface area (Å²) in [5, 5.41) is 28.4. The minimum absolute atomic E-state index is 0.00893. The van der Waals surface area contributed by atoms with Crippen molar-refractivity contribution in [3.05, 3.63) is 34.1 Å². The van der Waals surface area contributed by atoms with Crippen LogP contribution in [0.15, 0.2) is 33.2 Å². The predicted octanol–water partition coefficient (Wildman–Crippen LogP) is -2.60. The highest BCUT2D eigenvalue weighted by atomic mass is 32.2. The average Bonchev–Trinajstić information content (AvgIpc) is 3.33. The first-order valence-corrected chi connectivity index (χ1v) is 14.2. The van der Waals surface area contributed by atoms with Crippen LogP contribution in [0.5, 0.6) is 0 Å². The zero-order valence-corrected chi connectivity index (χ0v) is 23.3. The topological polar surface area (TPSA) is 256 Å². The van der Waals surface area contributed by atoms with Gasteiger partial charge in [-0.3, -0.25) is 20.3 Å². The summed E-state index contributed by atoms with van der Waals surface area (Å²) in [4.78, 5) is 63.4. The van der Waals surface area contributed by atoms with Crippen LogP contribution in [0.25, 0.3) is 0 Å². The fourth-order valence-corrected chi connectivity index (χ4v) is 6.54. The van der Waals surface area contributed by atoms with Gasteiger partial charge in [-0.2, -0.15) is 0 Å². The first kappa shape index (κ1) is 28.9. The Balaban J connectivity index is 1.51. The Kier molecular flexibility index (Phi) is 8.35. The molecule has 2 aliphatic heterocycles. The number of aliphatic carboxylic acids is 2. The number of anilines is 2. The molecule has 2 aromatic heterocycles. The van der Waals surface area contributed by atoms with Crippen LogP contribution < -0.4 is 32.4 Å². The van der Waals surface area contributed by atoms with Crippen molar-refractivity contribution in [2.24, 2.45) is 5.16 Å². The standard InChI is InChI=1S/C21H23N9O7S3/c1-7-3-29(24)21(27-14(7)22)40-5-9-4-38-17-12(16(32)30(17)13(9)19(35)36)26-15(31)11(10-6-39-20(23)25-10)28-37-8(2)18(33)34/h3,6,8,12,17,22H,4-5,24H2,1-2H3,(H5,23,25,26,31,33,34,35,36)/b28-11-/t8?,12?,17-/m1/s1. The number of thioether (sulfide) groups is 2. The van der Waals surface area contributed by atoms with E-state index in [1.165, 1.54) is 28.7 Å². The van der Waals surface area contributed by atoms with Crippen LogP contribution in [-0.2, 0) is 24.0 Å². The number of nitrogens with zero attached hydrogens (tertiary/aromatic N) is 5. The second kappa shape index (κ2) is 11.6. The van der Waals surface area contributed by atoms with E-state index in [0.29, 0.717) is 16.3 Å². The van der Waals surface area contributed by atoms with Gasteiger partial charge in [-0.1, -0.05) is 5.16 Å². The molecule has 0 saturated carbocycles. The van der Waals surface area contributed by atoms with E-state index in [4.69, 9.17) is 27.3 Å². The maximum atomic E-state index is 13.1. The highest BCUT2D eigenvalue weighted by molar-refractivity contribution is 8.01. The van der Waals surface area contributed by atoms with Gasteiger partial charge in [0, 0.05) is 16.9 Å². The van der Waals surface area contributed by atoms with E-state index in [-0.39, 0.29) is 33.8 Å². The Labute approximate surface area is 238 Å². The number of aryl methyl sites for hydroxylation is 1. The molecule has 2 amide bonds. The zero-order valence-electron chi connectivity index (χ0n) is 20.9. The van der Waals surface area contributed by atoms with E-state index < -0.39 is 47.0 Å². The molecule has 3 atom stereocenters. The van der Waals surface area contributed by atoms with Crippen LogP contribution in [0.4, 0.5) is 10.9 Å². The largest absolute Gasteiger partial charge is 0.543 e. The molecule has 40 heavy (non-hydrogen) atoms. The number of thiazole rings is 1. The number of fused-ring (bicyclic) bond motifs is 1. The van der Waals surface area contributed by atoms with Crippen LogP contribution in [0.1, 0.15) is 18.2 Å². The third-order valence-electron chi connectivity index (χ3n) is 5.71. The normalized spacial score (nSPS) is 19.5. The van der Waals surface area contributed by atoms with Crippen LogP contribution in [0.2, 0.25) is 0 Å². The van der Waals surface area contributed by atoms with Gasteiger partial charge in [0.05, 0.1) is 17.2 Å². The van der Waals surface area contributed by atoms with Crippen molar-refractivity contribution in [3.8, 4) is 0 Å². The number of β-lactam (4-membered cyclic amide) rings is 1. The van der Waals surface area contributed by atoms with E-state index in [9.17, 15) is 24.3 Å². The van der Waals surface area contributed by atoms with Gasteiger partial charge >= 0.3 is 11.1 Å². The quantitative estimate of drug-likeness (QED) is 0.0352. The van der Waals surface area contributed by atoms with Gasteiger partial charge < -0.3 is 36.6 Å². The lowest BCUT2D eigenvalue weighted by Crippen LogP contribution is -2.71. The summed E-state index contributed by atoms with van der Waals surface area (Å²) in [7, 11) is 0. The van der Waals surface area contributed by atoms with Gasteiger partial charge in [-0.15, -0.1) is 27.8 Å². The number of nitrogens with one attached hydrogen (secondary N) is 1. The van der Waals surface area contributed by atoms with Crippen molar-refractivity contribution < 1.29 is 38.9 Å². The molecular formula is C21H23N9O7S3. The molecule has 19 heteroatoms. The molecule has 2 aliphatic rings. The van der Waals surface area contributed by atoms with Gasteiger partial charge in [0.25, 0.3) is 11.8 Å². The summed E-state index contributed by atoms with van der Waals surface area (Å²) < 4.78 is 1.27. The molecule has 0 aliphatic carbocycles. The predicted molar refractivity (Wildman–Crippen MR) is 143 cm³/mol. The molecule has 4 heterocycles. The van der Waals surface area contributed by atoms with Crippen molar-refractivity contribution in [2.45, 2.75) is 36.5 Å². The van der Waals surface area contributed by atoms with E-state index >= 15 is 0 Å². The lowest BCUT2D eigenvalue weighted by atomic mass is 10.0. The number of hydrogen-bond acceptors (Lipinski definition) is 15. The lowest BCUT2D eigenvalue weighted by Gasteiger charge is -2.50. The third-order valence-corrected chi connectivity index (χ3v) is 8.77. The number of carbonyl (C=O) groups is 4. The van der Waals surface area contributed by atoms with Crippen molar-refractivity contribution in [1.82, 2.24) is 20.2 Å². The number of carboxylic acid groups (broad SMARTS) is 2. The van der Waals surface area contributed by atoms with Gasteiger partial charge in [0.1, 0.15) is 23.3 Å². The summed E-state index contributed by atoms with van der Waals surface area (Å²) in [6.07, 6.45) is 0.211. The second-order valence-corrected chi connectivity index (χ2v) is 11.4. The van der Waals surface area contributed by atoms with Gasteiger partial charge in [-0.05, 0) is 36.2 Å². The maximum Gasteiger partial charge on any atom is 0.384 e. The molecule has 0 aromatic carbocycles. The Morgan fingerprint density at radius 2 is 2.12 bits per heavy atom. The molecule has 0 bridgehead atoms. The first-order valence-electron chi connectivity index (χ1n) is 11.3. The number of amides is 2. The number of carbonyl (C=O) groups excluding carboxylic acids is 3. The van der Waals surface area contributed by atoms with E-state index in [0.717, 1.165) is 28.0 Å². The second-order valence-electron chi connectivity index (χ2n) is 8.48. The highest BCUT2D eigenvalue weighted by Crippen LogP contribution is 2.41. The molecule has 4 rings (SSSR count). The number of nitrogen functional groups attached to an aromatic ring is 3. The van der Waals surface area contributed by atoms with E-state index in [2.05, 4.69) is 20.4 Å². The zero-order chi connectivity index (χ0) is 29.3. The Morgan fingerprint density at radius 1 is 1.40 bits per heavy atom. The number of oxime groups is 1. The van der Waals surface area contributed by atoms with Crippen molar-refractivity contribution in [3.63, 3.8) is 0 Å². The minimum Gasteiger partial charge on any atom is -0.543 e. The van der Waals surface area contributed by atoms with Crippen molar-refractivity contribution >= 4 is 75.3 Å². The van der Waals surface area contributed by atoms with Crippen LogP contribution >= 0.6 is 34.9 Å². The van der Waals surface area contributed by atoms with Gasteiger partial charge in [0.2, 0.25) is 11.9 Å². The SMILES string of the molecule is Cc1c[n+](N)c(SCC2=C(C(=O)[O-])N3C(=O)C(NC(=O)/C(=N\OC(C)C(=O)O)c4csc(N)n4)[C@H]3SC2)nc1N. The summed E-state index contributed by atoms with van der Waals surface area (Å²) in [6, 6.07) is -1.11. The highest BCUT2D eigenvalue weighted by Gasteiger charge is 2.53. The molecule has 212 valence electrons. The van der Waals surface area contributed by atoms with Gasteiger partial charge in [0.15, 0.2) is 10.8 Å². The number of carboxylic acids is 2. The molecule has 2 unspecified atom stereocenters. The Hall–Kier alpha value is -4.10. The molecule has 0 radical (unpaired) electrons. The van der Waals surface area contributed by atoms with Crippen molar-refractivity contribution in [1.29, 1.82) is 0 Å². The Morgan fingerprint density at radius 3 is 2.75 bits per heavy atom. The monoisotopic (exact) mass is 609 g/mol. The lowest BCUT2D eigenvalue weighted by molar-refractivity contribution is -0.682. The molecule has 1 saturated heterocycles. The average molecular weight is 610 g/mol. The number of aromatic nitrogens is 3. The first-order chi connectivity index (χ1) is 18.9.